The lowest BCUT2D eigenvalue weighted by atomic mass is 10.2. The molecule has 184 valence electrons. The number of aromatic nitrogens is 3. The molecular weight excluding hydrogens is 446 g/mol. The van der Waals surface area contributed by atoms with Crippen LogP contribution < -0.4 is 10.2 Å². The van der Waals surface area contributed by atoms with Crippen LogP contribution in [-0.2, 0) is 16.0 Å². The Morgan fingerprint density at radius 2 is 1.54 bits per heavy atom. The lowest BCUT2D eigenvalue weighted by Crippen LogP contribution is -2.37. The van der Waals surface area contributed by atoms with Crippen molar-refractivity contribution in [2.75, 3.05) is 10.2 Å². The van der Waals surface area contributed by atoms with Crippen LogP contribution >= 0.6 is 0 Å². The van der Waals surface area contributed by atoms with Crippen molar-refractivity contribution < 1.29 is 19.1 Å². The molecule has 0 saturated heterocycles. The van der Waals surface area contributed by atoms with Crippen LogP contribution in [0.1, 0.15) is 47.1 Å². The Kier molecular flexibility index (Phi) is 7.68. The molecule has 0 aliphatic rings. The molecule has 0 atom stereocenters. The van der Waals surface area contributed by atoms with Gasteiger partial charge in [0.15, 0.2) is 5.82 Å². The summed E-state index contributed by atoms with van der Waals surface area (Å²) < 4.78 is 10.9. The van der Waals surface area contributed by atoms with Crippen molar-refractivity contribution in [3.8, 4) is 11.3 Å². The zero-order valence-corrected chi connectivity index (χ0v) is 20.9. The molecule has 2 aromatic heterocycles. The SMILES string of the molecule is CC(C)(C)OC(=O)Nc1cncc(-c2cncc(N(Cc3ccccc3)C(=O)OC(C)(C)C)n2)c1. The number of hydrogen-bond donors (Lipinski definition) is 1. The summed E-state index contributed by atoms with van der Waals surface area (Å²) in [5.41, 5.74) is 1.13. The van der Waals surface area contributed by atoms with Gasteiger partial charge in [0, 0.05) is 11.8 Å². The fraction of sp³-hybridized carbons (Fsp3) is 0.346. The third-order valence-corrected chi connectivity index (χ3v) is 4.38. The molecule has 1 N–H and O–H groups in total. The van der Waals surface area contributed by atoms with E-state index in [0.29, 0.717) is 22.8 Å². The van der Waals surface area contributed by atoms with E-state index in [0.717, 1.165) is 5.56 Å². The molecule has 35 heavy (non-hydrogen) atoms. The summed E-state index contributed by atoms with van der Waals surface area (Å²) in [6.07, 6.45) is 5.05. The Balaban J connectivity index is 1.90. The molecule has 0 spiro atoms. The van der Waals surface area contributed by atoms with Crippen molar-refractivity contribution in [1.82, 2.24) is 15.0 Å². The molecule has 0 unspecified atom stereocenters. The minimum absolute atomic E-state index is 0.256. The highest BCUT2D eigenvalue weighted by Gasteiger charge is 2.25. The standard InChI is InChI=1S/C26H31N5O4/c1-25(2,3)34-23(32)29-20-12-19(13-27-14-20)21-15-28-16-22(30-21)31(24(33)35-26(4,5)6)17-18-10-8-7-9-11-18/h7-16H,17H2,1-6H3,(H,29,32). The third kappa shape index (κ3) is 8.06. The molecule has 0 saturated carbocycles. The predicted molar refractivity (Wildman–Crippen MR) is 134 cm³/mol. The molecule has 3 aromatic rings. The molecule has 2 heterocycles. The van der Waals surface area contributed by atoms with E-state index < -0.39 is 23.4 Å². The highest BCUT2D eigenvalue weighted by Crippen LogP contribution is 2.24. The van der Waals surface area contributed by atoms with E-state index in [2.05, 4.69) is 20.3 Å². The second-order valence-electron chi connectivity index (χ2n) is 9.90. The number of rotatable bonds is 5. The van der Waals surface area contributed by atoms with Crippen molar-refractivity contribution in [1.29, 1.82) is 0 Å². The second-order valence-corrected chi connectivity index (χ2v) is 9.90. The van der Waals surface area contributed by atoms with Crippen LogP contribution in [0.5, 0.6) is 0 Å². The fourth-order valence-corrected chi connectivity index (χ4v) is 3.02. The van der Waals surface area contributed by atoms with Crippen LogP contribution in [0.4, 0.5) is 21.1 Å². The number of nitrogens with zero attached hydrogens (tertiary/aromatic N) is 4. The number of benzene rings is 1. The van der Waals surface area contributed by atoms with Crippen LogP contribution in [0.3, 0.4) is 0 Å². The lowest BCUT2D eigenvalue weighted by molar-refractivity contribution is 0.0574. The van der Waals surface area contributed by atoms with Crippen molar-refractivity contribution in [3.05, 3.63) is 66.7 Å². The van der Waals surface area contributed by atoms with E-state index in [1.807, 2.05) is 51.1 Å². The molecule has 1 aromatic carbocycles. The van der Waals surface area contributed by atoms with Gasteiger partial charge in [0.25, 0.3) is 0 Å². The quantitative estimate of drug-likeness (QED) is 0.493. The first kappa shape index (κ1) is 25.6. The van der Waals surface area contributed by atoms with Gasteiger partial charge in [-0.05, 0) is 53.2 Å². The third-order valence-electron chi connectivity index (χ3n) is 4.38. The minimum Gasteiger partial charge on any atom is -0.444 e. The zero-order valence-electron chi connectivity index (χ0n) is 20.9. The molecule has 0 aliphatic heterocycles. The number of ether oxygens (including phenoxy) is 2. The Morgan fingerprint density at radius 3 is 2.20 bits per heavy atom. The summed E-state index contributed by atoms with van der Waals surface area (Å²) in [5, 5.41) is 2.67. The summed E-state index contributed by atoms with van der Waals surface area (Å²) in [7, 11) is 0. The Labute approximate surface area is 205 Å². The Morgan fingerprint density at radius 1 is 0.886 bits per heavy atom. The second kappa shape index (κ2) is 10.5. The first-order valence-corrected chi connectivity index (χ1v) is 11.2. The summed E-state index contributed by atoms with van der Waals surface area (Å²) in [6, 6.07) is 11.3. The van der Waals surface area contributed by atoms with Crippen molar-refractivity contribution in [2.45, 2.75) is 59.3 Å². The van der Waals surface area contributed by atoms with Gasteiger partial charge in [-0.3, -0.25) is 20.2 Å². The van der Waals surface area contributed by atoms with E-state index >= 15 is 0 Å². The van der Waals surface area contributed by atoms with Gasteiger partial charge in [-0.25, -0.2) is 14.6 Å². The molecule has 3 rings (SSSR count). The molecule has 0 aliphatic carbocycles. The van der Waals surface area contributed by atoms with Crippen LogP contribution in [-0.4, -0.2) is 38.3 Å². The maximum atomic E-state index is 13.1. The van der Waals surface area contributed by atoms with E-state index in [9.17, 15) is 9.59 Å². The molecule has 0 bridgehead atoms. The maximum absolute atomic E-state index is 13.1. The van der Waals surface area contributed by atoms with Crippen molar-refractivity contribution in [2.24, 2.45) is 0 Å². The number of hydrogen-bond acceptors (Lipinski definition) is 7. The van der Waals surface area contributed by atoms with Gasteiger partial charge in [-0.15, -0.1) is 0 Å². The average molecular weight is 478 g/mol. The van der Waals surface area contributed by atoms with Gasteiger partial charge in [0.1, 0.15) is 11.2 Å². The summed E-state index contributed by atoms with van der Waals surface area (Å²) in [4.78, 5) is 39.8. The first-order chi connectivity index (χ1) is 16.4. The molecule has 0 radical (unpaired) electrons. The van der Waals surface area contributed by atoms with Crippen LogP contribution in [0.25, 0.3) is 11.3 Å². The minimum atomic E-state index is -0.678. The Hall–Kier alpha value is -4.01. The zero-order chi connectivity index (χ0) is 25.6. The number of pyridine rings is 1. The number of amides is 2. The number of carbonyl (C=O) groups is 2. The van der Waals surface area contributed by atoms with Gasteiger partial charge in [-0.2, -0.15) is 0 Å². The fourth-order valence-electron chi connectivity index (χ4n) is 3.02. The van der Waals surface area contributed by atoms with Crippen molar-refractivity contribution in [3.63, 3.8) is 0 Å². The highest BCUT2D eigenvalue weighted by atomic mass is 16.6. The van der Waals surface area contributed by atoms with Crippen LogP contribution in [0.15, 0.2) is 61.2 Å². The average Bonchev–Trinajstić information content (AvgIpc) is 2.76. The smallest absolute Gasteiger partial charge is 0.416 e. The van der Waals surface area contributed by atoms with Gasteiger partial charge >= 0.3 is 12.2 Å². The summed E-state index contributed by atoms with van der Waals surface area (Å²) in [5.74, 6) is 0.325. The van der Waals surface area contributed by atoms with Crippen LogP contribution in [0.2, 0.25) is 0 Å². The van der Waals surface area contributed by atoms with E-state index in [-0.39, 0.29) is 6.54 Å². The molecule has 9 heteroatoms. The van der Waals surface area contributed by atoms with Gasteiger partial charge in [0.2, 0.25) is 0 Å². The Bertz CT molecular complexity index is 1170. The number of nitrogens with one attached hydrogen (secondary N) is 1. The monoisotopic (exact) mass is 477 g/mol. The van der Waals surface area contributed by atoms with Crippen molar-refractivity contribution >= 4 is 23.7 Å². The van der Waals surface area contributed by atoms with Gasteiger partial charge in [0.05, 0.1) is 36.5 Å². The summed E-state index contributed by atoms with van der Waals surface area (Å²) in [6.45, 7) is 11.0. The first-order valence-electron chi connectivity index (χ1n) is 11.2. The van der Waals surface area contributed by atoms with Gasteiger partial charge < -0.3 is 9.47 Å². The number of anilines is 2. The van der Waals surface area contributed by atoms with E-state index in [1.54, 1.807) is 39.2 Å². The van der Waals surface area contributed by atoms with E-state index in [1.165, 1.54) is 17.3 Å². The predicted octanol–water partition coefficient (Wildman–Crippen LogP) is 5.83. The molecule has 9 nitrogen and oxygen atoms in total. The maximum Gasteiger partial charge on any atom is 0.416 e. The van der Waals surface area contributed by atoms with E-state index in [4.69, 9.17) is 9.47 Å². The number of carbonyl (C=O) groups excluding carboxylic acids is 2. The normalized spacial score (nSPS) is 11.5. The molecule has 2 amide bonds. The molecular formula is C26H31N5O4. The van der Waals surface area contributed by atoms with Gasteiger partial charge in [-0.1, -0.05) is 30.3 Å². The van der Waals surface area contributed by atoms with Crippen LogP contribution in [0, 0.1) is 0 Å². The molecule has 0 fully saturated rings. The summed E-state index contributed by atoms with van der Waals surface area (Å²) >= 11 is 0. The largest absolute Gasteiger partial charge is 0.444 e. The highest BCUT2D eigenvalue weighted by molar-refractivity contribution is 5.87. The topological polar surface area (TPSA) is 107 Å². The lowest BCUT2D eigenvalue weighted by Gasteiger charge is -2.27.